The summed E-state index contributed by atoms with van der Waals surface area (Å²) in [6.45, 7) is 7.70. The summed E-state index contributed by atoms with van der Waals surface area (Å²) in [5, 5.41) is 1.24. The van der Waals surface area contributed by atoms with Gasteiger partial charge in [0, 0.05) is 6.54 Å². The van der Waals surface area contributed by atoms with Crippen LogP contribution in [0.2, 0.25) is 10.2 Å². The average Bonchev–Trinajstić information content (AvgIpc) is 2.44. The minimum absolute atomic E-state index is 0.521. The van der Waals surface area contributed by atoms with Gasteiger partial charge < -0.3 is 0 Å². The van der Waals surface area contributed by atoms with Gasteiger partial charge in [0.15, 0.2) is 0 Å². The van der Waals surface area contributed by atoms with Crippen LogP contribution < -0.4 is 0 Å². The van der Waals surface area contributed by atoms with Crippen LogP contribution in [0.1, 0.15) is 45.2 Å². The van der Waals surface area contributed by atoms with E-state index in [4.69, 9.17) is 23.2 Å². The molecule has 106 valence electrons. The van der Waals surface area contributed by atoms with Crippen LogP contribution >= 0.6 is 23.2 Å². The SMILES string of the molecule is CCC1(CC)CCN(Cc2nc(Cl)ccc2Cl)CC1. The number of pyridine rings is 1. The minimum atomic E-state index is 0.521. The van der Waals surface area contributed by atoms with Crippen LogP contribution in [0, 0.1) is 5.41 Å². The van der Waals surface area contributed by atoms with E-state index in [0.717, 1.165) is 25.3 Å². The lowest BCUT2D eigenvalue weighted by molar-refractivity contribution is 0.0901. The predicted molar refractivity (Wildman–Crippen MR) is 81.8 cm³/mol. The zero-order chi connectivity index (χ0) is 13.9. The summed E-state index contributed by atoms with van der Waals surface area (Å²) in [6, 6.07) is 3.57. The Morgan fingerprint density at radius 3 is 2.37 bits per heavy atom. The van der Waals surface area contributed by atoms with Gasteiger partial charge in [-0.2, -0.15) is 0 Å². The molecule has 0 unspecified atom stereocenters. The van der Waals surface area contributed by atoms with Gasteiger partial charge in [-0.3, -0.25) is 4.90 Å². The second-order valence-electron chi connectivity index (χ2n) is 5.55. The van der Waals surface area contributed by atoms with E-state index in [2.05, 4.69) is 23.7 Å². The molecular weight excluding hydrogens is 279 g/mol. The lowest BCUT2D eigenvalue weighted by atomic mass is 9.74. The first kappa shape index (κ1) is 15.1. The molecular formula is C15H22Cl2N2. The van der Waals surface area contributed by atoms with Crippen molar-refractivity contribution in [2.75, 3.05) is 13.1 Å². The highest BCUT2D eigenvalue weighted by Crippen LogP contribution is 2.38. The van der Waals surface area contributed by atoms with Crippen molar-refractivity contribution in [2.24, 2.45) is 5.41 Å². The quantitative estimate of drug-likeness (QED) is 0.743. The van der Waals surface area contributed by atoms with Gasteiger partial charge in [-0.1, -0.05) is 49.9 Å². The zero-order valence-corrected chi connectivity index (χ0v) is 13.3. The van der Waals surface area contributed by atoms with Crippen LogP contribution in [0.25, 0.3) is 0 Å². The second kappa shape index (κ2) is 6.43. The van der Waals surface area contributed by atoms with E-state index < -0.39 is 0 Å². The molecule has 2 rings (SSSR count). The lowest BCUT2D eigenvalue weighted by Crippen LogP contribution is -2.39. The van der Waals surface area contributed by atoms with Crippen molar-refractivity contribution < 1.29 is 0 Å². The van der Waals surface area contributed by atoms with Crippen molar-refractivity contribution in [1.82, 2.24) is 9.88 Å². The van der Waals surface area contributed by atoms with Crippen LogP contribution in [0.3, 0.4) is 0 Å². The van der Waals surface area contributed by atoms with Crippen molar-refractivity contribution in [1.29, 1.82) is 0 Å². The molecule has 0 amide bonds. The fourth-order valence-corrected chi connectivity index (χ4v) is 3.25. The number of halogens is 2. The van der Waals surface area contributed by atoms with E-state index in [1.807, 2.05) is 6.07 Å². The van der Waals surface area contributed by atoms with Gasteiger partial charge in [0.25, 0.3) is 0 Å². The van der Waals surface area contributed by atoms with Crippen LogP contribution in [0.15, 0.2) is 12.1 Å². The first-order valence-electron chi connectivity index (χ1n) is 7.12. The Labute approximate surface area is 126 Å². The molecule has 19 heavy (non-hydrogen) atoms. The molecule has 2 heterocycles. The molecule has 0 aromatic carbocycles. The van der Waals surface area contributed by atoms with Gasteiger partial charge in [-0.25, -0.2) is 4.98 Å². The maximum absolute atomic E-state index is 6.18. The summed E-state index contributed by atoms with van der Waals surface area (Å²) in [4.78, 5) is 6.77. The first-order valence-corrected chi connectivity index (χ1v) is 7.87. The molecule has 1 aliphatic rings. The van der Waals surface area contributed by atoms with Gasteiger partial charge in [-0.15, -0.1) is 0 Å². The normalized spacial score (nSPS) is 19.6. The van der Waals surface area contributed by atoms with Gasteiger partial charge in [0.1, 0.15) is 5.15 Å². The Morgan fingerprint density at radius 2 is 1.79 bits per heavy atom. The second-order valence-corrected chi connectivity index (χ2v) is 6.34. The molecule has 0 spiro atoms. The number of likely N-dealkylation sites (tertiary alicyclic amines) is 1. The summed E-state index contributed by atoms with van der Waals surface area (Å²) >= 11 is 12.1. The van der Waals surface area contributed by atoms with E-state index in [1.165, 1.54) is 25.7 Å². The van der Waals surface area contributed by atoms with Crippen molar-refractivity contribution in [3.63, 3.8) is 0 Å². The van der Waals surface area contributed by atoms with Crippen molar-refractivity contribution in [3.8, 4) is 0 Å². The summed E-state index contributed by atoms with van der Waals surface area (Å²) < 4.78 is 0. The number of hydrogen-bond donors (Lipinski definition) is 0. The first-order chi connectivity index (χ1) is 9.08. The van der Waals surface area contributed by atoms with E-state index >= 15 is 0 Å². The van der Waals surface area contributed by atoms with Gasteiger partial charge >= 0.3 is 0 Å². The monoisotopic (exact) mass is 300 g/mol. The third-order valence-corrected chi connectivity index (χ3v) is 5.23. The standard InChI is InChI=1S/C15H22Cl2N2/c1-3-15(4-2)7-9-19(10-8-15)11-13-12(16)5-6-14(17)18-13/h5-6H,3-4,7-11H2,1-2H3. The maximum atomic E-state index is 6.18. The lowest BCUT2D eigenvalue weighted by Gasteiger charge is -2.41. The smallest absolute Gasteiger partial charge is 0.129 e. The van der Waals surface area contributed by atoms with Crippen molar-refractivity contribution in [2.45, 2.75) is 46.1 Å². The molecule has 0 saturated carbocycles. The molecule has 1 aromatic heterocycles. The summed E-state index contributed by atoms with van der Waals surface area (Å²) in [5.41, 5.74) is 1.46. The highest BCUT2D eigenvalue weighted by Gasteiger charge is 2.31. The Hall–Kier alpha value is -0.310. The van der Waals surface area contributed by atoms with Crippen molar-refractivity contribution >= 4 is 23.2 Å². The zero-order valence-electron chi connectivity index (χ0n) is 11.8. The molecule has 2 nitrogen and oxygen atoms in total. The largest absolute Gasteiger partial charge is 0.297 e. The molecule has 0 bridgehead atoms. The van der Waals surface area contributed by atoms with Crippen molar-refractivity contribution in [3.05, 3.63) is 28.0 Å². The molecule has 0 radical (unpaired) electrons. The number of hydrogen-bond acceptors (Lipinski definition) is 2. The van der Waals surface area contributed by atoms with Crippen LogP contribution in [-0.4, -0.2) is 23.0 Å². The number of nitrogens with zero attached hydrogens (tertiary/aromatic N) is 2. The molecule has 0 aliphatic carbocycles. The molecule has 1 aromatic rings. The number of piperidine rings is 1. The van der Waals surface area contributed by atoms with Gasteiger partial charge in [0.05, 0.1) is 10.7 Å². The molecule has 1 aliphatic heterocycles. The summed E-state index contributed by atoms with van der Waals surface area (Å²) in [6.07, 6.45) is 5.12. The molecule has 1 fully saturated rings. The Bertz CT molecular complexity index is 420. The number of aromatic nitrogens is 1. The van der Waals surface area contributed by atoms with E-state index in [1.54, 1.807) is 6.07 Å². The molecule has 0 N–H and O–H groups in total. The Balaban J connectivity index is 1.97. The van der Waals surface area contributed by atoms with E-state index in [0.29, 0.717) is 15.6 Å². The molecule has 0 atom stereocenters. The third kappa shape index (κ3) is 3.62. The van der Waals surface area contributed by atoms with E-state index in [9.17, 15) is 0 Å². The molecule has 4 heteroatoms. The van der Waals surface area contributed by atoms with E-state index in [-0.39, 0.29) is 0 Å². The predicted octanol–water partition coefficient (Wildman–Crippen LogP) is 4.79. The minimum Gasteiger partial charge on any atom is -0.297 e. The van der Waals surface area contributed by atoms with Crippen LogP contribution in [0.4, 0.5) is 0 Å². The Kier molecular flexibility index (Phi) is 5.10. The maximum Gasteiger partial charge on any atom is 0.129 e. The molecule has 1 saturated heterocycles. The highest BCUT2D eigenvalue weighted by molar-refractivity contribution is 6.32. The van der Waals surface area contributed by atoms with Gasteiger partial charge in [0.2, 0.25) is 0 Å². The summed E-state index contributed by atoms with van der Waals surface area (Å²) in [7, 11) is 0. The van der Waals surface area contributed by atoms with Gasteiger partial charge in [-0.05, 0) is 43.5 Å². The number of rotatable bonds is 4. The summed E-state index contributed by atoms with van der Waals surface area (Å²) in [5.74, 6) is 0. The fourth-order valence-electron chi connectivity index (χ4n) is 2.92. The van der Waals surface area contributed by atoms with Crippen LogP contribution in [-0.2, 0) is 6.54 Å². The third-order valence-electron chi connectivity index (χ3n) is 4.67. The topological polar surface area (TPSA) is 16.1 Å². The Morgan fingerprint density at radius 1 is 1.16 bits per heavy atom. The van der Waals surface area contributed by atoms with Crippen LogP contribution in [0.5, 0.6) is 0 Å². The highest BCUT2D eigenvalue weighted by atomic mass is 35.5. The average molecular weight is 301 g/mol. The fraction of sp³-hybridized carbons (Fsp3) is 0.667.